The number of rotatable bonds is 1. The Hall–Kier alpha value is -0.520. The van der Waals surface area contributed by atoms with E-state index in [1.54, 1.807) is 6.07 Å². The first-order chi connectivity index (χ1) is 10.1. The molecule has 7 heteroatoms. The molecule has 0 aromatic heterocycles. The Balaban J connectivity index is 0.00000176. The minimum absolute atomic E-state index is 0. The zero-order chi connectivity index (χ0) is 15.0. The maximum absolute atomic E-state index is 12.6. The second kappa shape index (κ2) is 7.37. The summed E-state index contributed by atoms with van der Waals surface area (Å²) in [4.78, 5) is 14.5. The monoisotopic (exact) mass is 364 g/mol. The fourth-order valence-electron chi connectivity index (χ4n) is 2.98. The zero-order valence-electron chi connectivity index (χ0n) is 12.3. The van der Waals surface area contributed by atoms with E-state index in [9.17, 15) is 4.79 Å². The van der Waals surface area contributed by atoms with Crippen LogP contribution in [0.5, 0.6) is 0 Å². The maximum Gasteiger partial charge on any atom is 0.242 e. The van der Waals surface area contributed by atoms with Crippen molar-refractivity contribution in [2.45, 2.75) is 32.0 Å². The minimum atomic E-state index is -0.261. The minimum Gasteiger partial charge on any atom is -0.375 e. The van der Waals surface area contributed by atoms with Crippen LogP contribution in [0.4, 0.5) is 0 Å². The number of morpholine rings is 1. The largest absolute Gasteiger partial charge is 0.375 e. The van der Waals surface area contributed by atoms with Gasteiger partial charge in [0.05, 0.1) is 22.8 Å². The number of amides is 1. The van der Waals surface area contributed by atoms with E-state index < -0.39 is 0 Å². The molecule has 0 radical (unpaired) electrons. The molecule has 2 heterocycles. The predicted octanol–water partition coefficient (Wildman–Crippen LogP) is 2.68. The summed E-state index contributed by atoms with van der Waals surface area (Å²) in [6, 6.07) is 3.49. The van der Waals surface area contributed by atoms with Crippen molar-refractivity contribution in [3.8, 4) is 0 Å². The van der Waals surface area contributed by atoms with Gasteiger partial charge in [0.1, 0.15) is 6.04 Å². The van der Waals surface area contributed by atoms with Crippen molar-refractivity contribution in [2.24, 2.45) is 0 Å². The lowest BCUT2D eigenvalue weighted by Gasteiger charge is -2.36. The molecule has 1 fully saturated rings. The van der Waals surface area contributed by atoms with E-state index in [1.807, 2.05) is 17.9 Å². The van der Waals surface area contributed by atoms with Crippen molar-refractivity contribution in [2.75, 3.05) is 19.7 Å². The standard InChI is InChI=1S/C15H18Cl2N2O2.ClH/c1-9-14(18-5-7-21-9)15(20)19-6-4-11-10(8-19)2-3-12(16)13(11)17;/h2-3,9,14,18H,4-8H2,1H3;1H/t9-,14+;/m1./s1. The molecule has 1 aromatic carbocycles. The molecular weight excluding hydrogens is 347 g/mol. The SMILES string of the molecule is C[C@H]1OCCN[C@@H]1C(=O)N1CCc2c(ccc(Cl)c2Cl)C1.Cl. The molecule has 1 aromatic rings. The van der Waals surface area contributed by atoms with Crippen LogP contribution in [0.15, 0.2) is 12.1 Å². The summed E-state index contributed by atoms with van der Waals surface area (Å²) in [6.07, 6.45) is 0.643. The molecule has 2 aliphatic rings. The first kappa shape index (κ1) is 17.8. The van der Waals surface area contributed by atoms with E-state index >= 15 is 0 Å². The van der Waals surface area contributed by atoms with Gasteiger partial charge in [0.2, 0.25) is 5.91 Å². The van der Waals surface area contributed by atoms with Gasteiger partial charge in [0, 0.05) is 19.6 Å². The molecule has 3 rings (SSSR count). The van der Waals surface area contributed by atoms with Crippen molar-refractivity contribution >= 4 is 41.5 Å². The summed E-state index contributed by atoms with van der Waals surface area (Å²) in [5.41, 5.74) is 2.14. The average molecular weight is 366 g/mol. The van der Waals surface area contributed by atoms with Crippen LogP contribution in [0.3, 0.4) is 0 Å². The molecule has 1 N–H and O–H groups in total. The fraction of sp³-hybridized carbons (Fsp3) is 0.533. The van der Waals surface area contributed by atoms with Crippen LogP contribution >= 0.6 is 35.6 Å². The number of fused-ring (bicyclic) bond motifs is 1. The van der Waals surface area contributed by atoms with Gasteiger partial charge in [-0.3, -0.25) is 4.79 Å². The number of hydrogen-bond acceptors (Lipinski definition) is 3. The number of nitrogens with zero attached hydrogens (tertiary/aromatic N) is 1. The summed E-state index contributed by atoms with van der Waals surface area (Å²) in [5, 5.41) is 4.44. The van der Waals surface area contributed by atoms with Crippen molar-refractivity contribution < 1.29 is 9.53 Å². The summed E-state index contributed by atoms with van der Waals surface area (Å²) < 4.78 is 5.56. The highest BCUT2D eigenvalue weighted by atomic mass is 35.5. The van der Waals surface area contributed by atoms with E-state index in [2.05, 4.69) is 5.32 Å². The molecule has 0 unspecified atom stereocenters. The molecule has 2 aliphatic heterocycles. The zero-order valence-corrected chi connectivity index (χ0v) is 14.6. The van der Waals surface area contributed by atoms with Gasteiger partial charge in [-0.2, -0.15) is 0 Å². The lowest BCUT2D eigenvalue weighted by Crippen LogP contribution is -2.57. The highest BCUT2D eigenvalue weighted by Crippen LogP contribution is 2.32. The lowest BCUT2D eigenvalue weighted by atomic mass is 9.98. The fourth-order valence-corrected chi connectivity index (χ4v) is 3.43. The topological polar surface area (TPSA) is 41.6 Å². The van der Waals surface area contributed by atoms with Crippen LogP contribution in [0, 0.1) is 0 Å². The van der Waals surface area contributed by atoms with Crippen LogP contribution in [-0.2, 0) is 22.5 Å². The van der Waals surface area contributed by atoms with E-state index in [0.29, 0.717) is 36.3 Å². The first-order valence-corrected chi connectivity index (χ1v) is 7.93. The Morgan fingerprint density at radius 2 is 2.18 bits per heavy atom. The molecule has 0 saturated carbocycles. The normalized spacial score (nSPS) is 24.4. The molecular formula is C15H19Cl3N2O2. The third-order valence-electron chi connectivity index (χ3n) is 4.18. The Morgan fingerprint density at radius 3 is 2.91 bits per heavy atom. The molecule has 122 valence electrons. The van der Waals surface area contributed by atoms with Crippen LogP contribution < -0.4 is 5.32 Å². The molecule has 0 spiro atoms. The van der Waals surface area contributed by atoms with Gasteiger partial charge >= 0.3 is 0 Å². The Kier molecular flexibility index (Phi) is 5.97. The number of carbonyl (C=O) groups is 1. The van der Waals surface area contributed by atoms with Gasteiger partial charge < -0.3 is 15.0 Å². The predicted molar refractivity (Wildman–Crippen MR) is 90.0 cm³/mol. The summed E-state index contributed by atoms with van der Waals surface area (Å²) >= 11 is 12.3. The van der Waals surface area contributed by atoms with Gasteiger partial charge in [-0.15, -0.1) is 12.4 Å². The lowest BCUT2D eigenvalue weighted by molar-refractivity contribution is -0.140. The van der Waals surface area contributed by atoms with E-state index in [-0.39, 0.29) is 30.5 Å². The third kappa shape index (κ3) is 3.36. The number of ether oxygens (including phenoxy) is 1. The highest BCUT2D eigenvalue weighted by Gasteiger charge is 2.33. The third-order valence-corrected chi connectivity index (χ3v) is 5.02. The summed E-state index contributed by atoms with van der Waals surface area (Å²) in [7, 11) is 0. The van der Waals surface area contributed by atoms with Crippen molar-refractivity contribution in [1.82, 2.24) is 10.2 Å². The van der Waals surface area contributed by atoms with Gasteiger partial charge in [0.25, 0.3) is 0 Å². The molecule has 1 amide bonds. The van der Waals surface area contributed by atoms with Gasteiger partial charge in [0.15, 0.2) is 0 Å². The smallest absolute Gasteiger partial charge is 0.242 e. The summed E-state index contributed by atoms with van der Waals surface area (Å²) in [5.74, 6) is 0.0962. The number of halogens is 3. The average Bonchev–Trinajstić information content (AvgIpc) is 2.50. The number of benzene rings is 1. The molecule has 4 nitrogen and oxygen atoms in total. The quantitative estimate of drug-likeness (QED) is 0.832. The van der Waals surface area contributed by atoms with E-state index in [0.717, 1.165) is 17.5 Å². The molecule has 22 heavy (non-hydrogen) atoms. The van der Waals surface area contributed by atoms with Crippen LogP contribution in [0.2, 0.25) is 10.0 Å². The van der Waals surface area contributed by atoms with Gasteiger partial charge in [-0.05, 0) is 30.5 Å². The Bertz CT molecular complexity index is 568. The molecule has 0 bridgehead atoms. The number of carbonyl (C=O) groups excluding carboxylic acids is 1. The van der Waals surface area contributed by atoms with Crippen LogP contribution in [0.1, 0.15) is 18.1 Å². The van der Waals surface area contributed by atoms with Gasteiger partial charge in [-0.25, -0.2) is 0 Å². The Labute approximate surface area is 146 Å². The molecule has 2 atom stereocenters. The van der Waals surface area contributed by atoms with E-state index in [4.69, 9.17) is 27.9 Å². The Morgan fingerprint density at radius 1 is 1.41 bits per heavy atom. The van der Waals surface area contributed by atoms with Crippen molar-refractivity contribution in [3.63, 3.8) is 0 Å². The van der Waals surface area contributed by atoms with Crippen LogP contribution in [-0.4, -0.2) is 42.6 Å². The number of hydrogen-bond donors (Lipinski definition) is 1. The van der Waals surface area contributed by atoms with E-state index in [1.165, 1.54) is 0 Å². The first-order valence-electron chi connectivity index (χ1n) is 7.17. The summed E-state index contributed by atoms with van der Waals surface area (Å²) in [6.45, 7) is 4.55. The molecule has 0 aliphatic carbocycles. The molecule has 1 saturated heterocycles. The van der Waals surface area contributed by atoms with Gasteiger partial charge in [-0.1, -0.05) is 29.3 Å². The maximum atomic E-state index is 12.6. The number of nitrogens with one attached hydrogen (secondary N) is 1. The van der Waals surface area contributed by atoms with Crippen molar-refractivity contribution in [3.05, 3.63) is 33.3 Å². The van der Waals surface area contributed by atoms with Crippen LogP contribution in [0.25, 0.3) is 0 Å². The van der Waals surface area contributed by atoms with Crippen molar-refractivity contribution in [1.29, 1.82) is 0 Å². The second-order valence-corrected chi connectivity index (χ2v) is 6.30. The highest BCUT2D eigenvalue weighted by molar-refractivity contribution is 6.42. The second-order valence-electron chi connectivity index (χ2n) is 5.52.